The van der Waals surface area contributed by atoms with E-state index in [1.165, 1.54) is 38.5 Å². The molecule has 0 atom stereocenters. The van der Waals surface area contributed by atoms with Gasteiger partial charge in [-0.15, -0.1) is 30.6 Å². The van der Waals surface area contributed by atoms with Crippen LogP contribution in [-0.2, 0) is 0 Å². The highest BCUT2D eigenvalue weighted by molar-refractivity contribution is 5.11. The average molecular weight is 703 g/mol. The molecule has 0 N–H and O–H groups in total. The van der Waals surface area contributed by atoms with E-state index in [0.29, 0.717) is 34.0 Å². The van der Waals surface area contributed by atoms with Crippen molar-refractivity contribution in [3.63, 3.8) is 0 Å². The SMILES string of the molecule is CC(C)(C)C1CCC(c2nnc(C3CC(c4nnc(C5CCC(C(C)(C)C)CC5)o4)CC(c4nnc(C5CCC(C(C)(C)C)CC5)o4)C3)o2)CC1. The third-order valence-electron chi connectivity index (χ3n) is 14.0. The van der Waals surface area contributed by atoms with Gasteiger partial charge in [0.15, 0.2) is 0 Å². The van der Waals surface area contributed by atoms with Crippen LogP contribution in [0, 0.1) is 34.0 Å². The van der Waals surface area contributed by atoms with Crippen molar-refractivity contribution in [1.82, 2.24) is 30.6 Å². The maximum atomic E-state index is 6.57. The lowest BCUT2D eigenvalue weighted by Crippen LogP contribution is -2.25. The molecule has 3 heterocycles. The summed E-state index contributed by atoms with van der Waals surface area (Å²) < 4.78 is 19.7. The van der Waals surface area contributed by atoms with E-state index in [4.69, 9.17) is 28.5 Å². The van der Waals surface area contributed by atoms with Gasteiger partial charge in [0, 0.05) is 35.5 Å². The highest BCUT2D eigenvalue weighted by atomic mass is 16.4. The van der Waals surface area contributed by atoms with Gasteiger partial charge in [-0.2, -0.15) is 0 Å². The molecule has 0 bridgehead atoms. The van der Waals surface area contributed by atoms with Crippen LogP contribution in [0.15, 0.2) is 13.3 Å². The molecule has 3 aromatic heterocycles. The van der Waals surface area contributed by atoms with Gasteiger partial charge in [-0.25, -0.2) is 0 Å². The minimum atomic E-state index is 0.0658. The third kappa shape index (κ3) is 8.32. The van der Waals surface area contributed by atoms with Crippen molar-refractivity contribution in [3.8, 4) is 0 Å². The van der Waals surface area contributed by atoms with Crippen LogP contribution in [0.5, 0.6) is 0 Å². The third-order valence-corrected chi connectivity index (χ3v) is 14.0. The Hall–Kier alpha value is -2.58. The van der Waals surface area contributed by atoms with Gasteiger partial charge >= 0.3 is 0 Å². The molecule has 282 valence electrons. The Morgan fingerprint density at radius 3 is 0.706 bits per heavy atom. The lowest BCUT2D eigenvalue weighted by Gasteiger charge is -2.36. The molecule has 0 radical (unpaired) electrons. The van der Waals surface area contributed by atoms with Crippen molar-refractivity contribution in [1.29, 1.82) is 0 Å². The Morgan fingerprint density at radius 2 is 0.510 bits per heavy atom. The fourth-order valence-corrected chi connectivity index (χ4v) is 10.3. The van der Waals surface area contributed by atoms with Gasteiger partial charge in [0.2, 0.25) is 35.3 Å². The average Bonchev–Trinajstić information content (AvgIpc) is 3.89. The minimum absolute atomic E-state index is 0.0658. The first kappa shape index (κ1) is 36.8. The molecular formula is C42H66N6O3. The molecule has 0 aliphatic heterocycles. The Morgan fingerprint density at radius 1 is 0.314 bits per heavy atom. The van der Waals surface area contributed by atoms with Crippen molar-refractivity contribution in [2.45, 2.75) is 194 Å². The number of aromatic nitrogens is 6. The van der Waals surface area contributed by atoms with Gasteiger partial charge in [0.25, 0.3) is 0 Å². The smallest absolute Gasteiger partial charge is 0.219 e. The van der Waals surface area contributed by atoms with E-state index in [9.17, 15) is 0 Å². The molecule has 0 spiro atoms. The lowest BCUT2D eigenvalue weighted by molar-refractivity contribution is 0.158. The van der Waals surface area contributed by atoms with E-state index in [0.717, 1.165) is 111 Å². The number of rotatable bonds is 6. The predicted molar refractivity (Wildman–Crippen MR) is 197 cm³/mol. The van der Waals surface area contributed by atoms with Crippen LogP contribution in [0.25, 0.3) is 0 Å². The van der Waals surface area contributed by atoms with Crippen LogP contribution in [0.1, 0.15) is 229 Å². The zero-order valence-corrected chi connectivity index (χ0v) is 33.2. The summed E-state index contributed by atoms with van der Waals surface area (Å²) in [6.07, 6.45) is 16.5. The fraction of sp³-hybridized carbons (Fsp3) is 0.857. The fourth-order valence-electron chi connectivity index (χ4n) is 10.3. The molecule has 0 amide bonds. The molecule has 0 aromatic carbocycles. The molecule has 4 saturated carbocycles. The molecule has 0 saturated heterocycles. The van der Waals surface area contributed by atoms with Gasteiger partial charge in [-0.1, -0.05) is 62.3 Å². The molecule has 9 nitrogen and oxygen atoms in total. The van der Waals surface area contributed by atoms with Crippen molar-refractivity contribution >= 4 is 0 Å². The van der Waals surface area contributed by atoms with Crippen molar-refractivity contribution in [2.24, 2.45) is 34.0 Å². The first-order valence-corrected chi connectivity index (χ1v) is 20.6. The Labute approximate surface area is 306 Å². The molecule has 4 fully saturated rings. The highest BCUT2D eigenvalue weighted by Gasteiger charge is 2.41. The van der Waals surface area contributed by atoms with E-state index in [-0.39, 0.29) is 17.8 Å². The van der Waals surface area contributed by atoms with Crippen molar-refractivity contribution < 1.29 is 13.3 Å². The van der Waals surface area contributed by atoms with Gasteiger partial charge in [0.1, 0.15) is 0 Å². The molecule has 51 heavy (non-hydrogen) atoms. The number of hydrogen-bond donors (Lipinski definition) is 0. The molecule has 3 aromatic rings. The monoisotopic (exact) mass is 703 g/mol. The van der Waals surface area contributed by atoms with Gasteiger partial charge in [-0.05, 0) is 130 Å². The molecule has 4 aliphatic rings. The lowest BCUT2D eigenvalue weighted by atomic mass is 9.70. The summed E-state index contributed by atoms with van der Waals surface area (Å²) >= 11 is 0. The van der Waals surface area contributed by atoms with Crippen molar-refractivity contribution in [3.05, 3.63) is 35.3 Å². The van der Waals surface area contributed by atoms with E-state index in [2.05, 4.69) is 77.6 Å². The second-order valence-corrected chi connectivity index (χ2v) is 20.5. The minimum Gasteiger partial charge on any atom is -0.425 e. The summed E-state index contributed by atoms with van der Waals surface area (Å²) in [5.41, 5.74) is 1.04. The topological polar surface area (TPSA) is 117 Å². The van der Waals surface area contributed by atoms with E-state index in [1.807, 2.05) is 0 Å². The van der Waals surface area contributed by atoms with E-state index >= 15 is 0 Å². The maximum Gasteiger partial charge on any atom is 0.219 e. The second kappa shape index (κ2) is 14.3. The summed E-state index contributed by atoms with van der Waals surface area (Å²) in [5.74, 6) is 8.12. The predicted octanol–water partition coefficient (Wildman–Crippen LogP) is 11.6. The molecular weight excluding hydrogens is 637 g/mol. The van der Waals surface area contributed by atoms with Gasteiger partial charge in [-0.3, -0.25) is 0 Å². The molecule has 9 heteroatoms. The quantitative estimate of drug-likeness (QED) is 0.247. The zero-order valence-electron chi connectivity index (χ0n) is 33.2. The van der Waals surface area contributed by atoms with Crippen molar-refractivity contribution in [2.75, 3.05) is 0 Å². The van der Waals surface area contributed by atoms with E-state index in [1.54, 1.807) is 0 Å². The normalized spacial score (nSPS) is 33.0. The Balaban J connectivity index is 1.08. The van der Waals surface area contributed by atoms with Gasteiger partial charge in [0.05, 0.1) is 0 Å². The first-order chi connectivity index (χ1) is 24.1. The van der Waals surface area contributed by atoms with E-state index < -0.39 is 0 Å². The molecule has 4 aliphatic carbocycles. The Bertz CT molecular complexity index is 1370. The number of nitrogens with zero attached hydrogens (tertiary/aromatic N) is 6. The second-order valence-electron chi connectivity index (χ2n) is 20.5. The van der Waals surface area contributed by atoms with Crippen LogP contribution >= 0.6 is 0 Å². The summed E-state index contributed by atoms with van der Waals surface area (Å²) in [6, 6.07) is 0. The highest BCUT2D eigenvalue weighted by Crippen LogP contribution is 2.50. The largest absolute Gasteiger partial charge is 0.425 e. The van der Waals surface area contributed by atoms with Crippen LogP contribution < -0.4 is 0 Å². The maximum absolute atomic E-state index is 6.57. The van der Waals surface area contributed by atoms with Gasteiger partial charge < -0.3 is 13.3 Å². The molecule has 0 unspecified atom stereocenters. The van der Waals surface area contributed by atoms with Crippen LogP contribution in [0.4, 0.5) is 0 Å². The Kier molecular flexibility index (Phi) is 10.3. The zero-order chi connectivity index (χ0) is 36.1. The summed E-state index contributed by atoms with van der Waals surface area (Å²) in [7, 11) is 0. The van der Waals surface area contributed by atoms with Crippen LogP contribution in [-0.4, -0.2) is 30.6 Å². The summed E-state index contributed by atoms with van der Waals surface area (Å²) in [5, 5.41) is 28.1. The van der Waals surface area contributed by atoms with Crippen LogP contribution in [0.2, 0.25) is 0 Å². The van der Waals surface area contributed by atoms with Crippen LogP contribution in [0.3, 0.4) is 0 Å². The standard InChI is InChI=1S/C42H66N6O3/c1-40(2,3)31-16-10-25(11-17-31)34-43-46-37(49-34)28-22-29(38-47-44-35(50-38)26-12-18-32(19-13-26)41(4,5)6)24-30(23-28)39-48-45-36(51-39)27-14-20-33(21-15-27)42(7,8)9/h25-33H,10-24H2,1-9H3. The summed E-state index contributed by atoms with van der Waals surface area (Å²) in [6.45, 7) is 21.3. The molecule has 7 rings (SSSR count). The number of hydrogen-bond acceptors (Lipinski definition) is 9. The summed E-state index contributed by atoms with van der Waals surface area (Å²) in [4.78, 5) is 0. The first-order valence-electron chi connectivity index (χ1n) is 20.6.